The summed E-state index contributed by atoms with van der Waals surface area (Å²) < 4.78 is 20.7. The van der Waals surface area contributed by atoms with Crippen LogP contribution in [0.5, 0.6) is 0 Å². The number of carbonyl (C=O) groups is 1. The SMILES string of the molecule is COCCc1ccc2cc(CC(N)=O)n(C3CCN(CCc4ccc(F)cc4)CC3)c2c1. The van der Waals surface area contributed by atoms with Crippen molar-refractivity contribution in [3.8, 4) is 0 Å². The van der Waals surface area contributed by atoms with Gasteiger partial charge in [-0.1, -0.05) is 24.3 Å². The summed E-state index contributed by atoms with van der Waals surface area (Å²) in [5.74, 6) is -0.490. The Morgan fingerprint density at radius 3 is 2.47 bits per heavy atom. The normalized spacial score (nSPS) is 15.4. The second-order valence-corrected chi connectivity index (χ2v) is 8.73. The second-order valence-electron chi connectivity index (χ2n) is 8.73. The quantitative estimate of drug-likeness (QED) is 0.553. The van der Waals surface area contributed by atoms with Gasteiger partial charge in [0, 0.05) is 44.0 Å². The molecule has 5 nitrogen and oxygen atoms in total. The summed E-state index contributed by atoms with van der Waals surface area (Å²) >= 11 is 0. The lowest BCUT2D eigenvalue weighted by molar-refractivity contribution is -0.117. The molecule has 1 aliphatic rings. The number of nitrogens with zero attached hydrogens (tertiary/aromatic N) is 2. The Morgan fingerprint density at radius 2 is 1.78 bits per heavy atom. The standard InChI is InChI=1S/C26H32FN3O2/c1-32-15-11-20-2-5-21-17-24(18-26(28)31)30(25(21)16-20)23-9-13-29(14-10-23)12-8-19-3-6-22(27)7-4-19/h2-7,16-17,23H,8-15,18H2,1H3,(H2,28,31). The van der Waals surface area contributed by atoms with Gasteiger partial charge < -0.3 is 19.9 Å². The first-order valence-corrected chi connectivity index (χ1v) is 11.4. The maximum absolute atomic E-state index is 13.1. The number of amides is 1. The average Bonchev–Trinajstić information content (AvgIpc) is 3.14. The molecule has 1 aliphatic heterocycles. The summed E-state index contributed by atoms with van der Waals surface area (Å²) in [6.07, 6.45) is 4.10. The molecule has 32 heavy (non-hydrogen) atoms. The molecule has 0 unspecified atom stereocenters. The predicted octanol–water partition coefficient (Wildman–Crippen LogP) is 3.88. The third-order valence-corrected chi connectivity index (χ3v) is 6.49. The van der Waals surface area contributed by atoms with Gasteiger partial charge in [-0.05, 0) is 66.5 Å². The summed E-state index contributed by atoms with van der Waals surface area (Å²) in [5, 5.41) is 1.15. The van der Waals surface area contributed by atoms with Crippen LogP contribution in [0, 0.1) is 5.82 Å². The number of methoxy groups -OCH3 is 1. The van der Waals surface area contributed by atoms with E-state index in [1.165, 1.54) is 23.2 Å². The number of aromatic nitrogens is 1. The molecule has 0 spiro atoms. The largest absolute Gasteiger partial charge is 0.384 e. The summed E-state index contributed by atoms with van der Waals surface area (Å²) in [6, 6.07) is 15.8. The molecule has 0 radical (unpaired) electrons. The number of piperidine rings is 1. The van der Waals surface area contributed by atoms with E-state index in [1.54, 1.807) is 7.11 Å². The zero-order valence-electron chi connectivity index (χ0n) is 18.7. The zero-order valence-corrected chi connectivity index (χ0v) is 18.7. The minimum atomic E-state index is -0.301. The molecular formula is C26H32FN3O2. The van der Waals surface area contributed by atoms with E-state index in [9.17, 15) is 9.18 Å². The Bertz CT molecular complexity index is 1050. The smallest absolute Gasteiger partial charge is 0.223 e. The Kier molecular flexibility index (Phi) is 7.22. The van der Waals surface area contributed by atoms with E-state index in [-0.39, 0.29) is 18.1 Å². The highest BCUT2D eigenvalue weighted by Crippen LogP contribution is 2.31. The van der Waals surface area contributed by atoms with Crippen LogP contribution in [-0.4, -0.2) is 48.7 Å². The van der Waals surface area contributed by atoms with E-state index in [0.717, 1.165) is 62.0 Å². The molecule has 6 heteroatoms. The zero-order chi connectivity index (χ0) is 22.5. The van der Waals surface area contributed by atoms with Crippen molar-refractivity contribution in [3.05, 3.63) is 71.2 Å². The van der Waals surface area contributed by atoms with Crippen molar-refractivity contribution in [1.82, 2.24) is 9.47 Å². The van der Waals surface area contributed by atoms with Crippen LogP contribution in [0.25, 0.3) is 10.9 Å². The topological polar surface area (TPSA) is 60.5 Å². The molecule has 0 bridgehead atoms. The number of ether oxygens (including phenoxy) is 1. The molecule has 1 fully saturated rings. The van der Waals surface area contributed by atoms with Crippen molar-refractivity contribution >= 4 is 16.8 Å². The Hall–Kier alpha value is -2.70. The van der Waals surface area contributed by atoms with E-state index < -0.39 is 0 Å². The number of hydrogen-bond acceptors (Lipinski definition) is 3. The van der Waals surface area contributed by atoms with E-state index in [4.69, 9.17) is 10.5 Å². The number of halogens is 1. The first-order chi connectivity index (χ1) is 15.5. The highest BCUT2D eigenvalue weighted by atomic mass is 19.1. The summed E-state index contributed by atoms with van der Waals surface area (Å²) in [7, 11) is 1.72. The number of nitrogens with two attached hydrogens (primary N) is 1. The van der Waals surface area contributed by atoms with Gasteiger partial charge in [-0.3, -0.25) is 4.79 Å². The molecule has 0 saturated carbocycles. The second kappa shape index (κ2) is 10.3. The van der Waals surface area contributed by atoms with Gasteiger partial charge in [0.05, 0.1) is 13.0 Å². The van der Waals surface area contributed by atoms with E-state index in [0.29, 0.717) is 12.6 Å². The predicted molar refractivity (Wildman–Crippen MR) is 125 cm³/mol. The number of primary amides is 1. The Morgan fingerprint density at radius 1 is 1.06 bits per heavy atom. The van der Waals surface area contributed by atoms with Crippen LogP contribution in [0.2, 0.25) is 0 Å². The number of benzene rings is 2. The van der Waals surface area contributed by atoms with E-state index in [2.05, 4.69) is 33.7 Å². The number of fused-ring (bicyclic) bond motifs is 1. The van der Waals surface area contributed by atoms with E-state index in [1.807, 2.05) is 12.1 Å². The number of carbonyl (C=O) groups excluding carboxylic acids is 1. The fourth-order valence-corrected chi connectivity index (χ4v) is 4.78. The van der Waals surface area contributed by atoms with Crippen LogP contribution in [0.15, 0.2) is 48.5 Å². The van der Waals surface area contributed by atoms with Gasteiger partial charge in [-0.25, -0.2) is 4.39 Å². The van der Waals surface area contributed by atoms with Gasteiger partial charge in [0.15, 0.2) is 0 Å². The lowest BCUT2D eigenvalue weighted by atomic mass is 10.0. The first-order valence-electron chi connectivity index (χ1n) is 11.4. The summed E-state index contributed by atoms with van der Waals surface area (Å²) in [6.45, 7) is 3.67. The monoisotopic (exact) mass is 437 g/mol. The Labute approximate surface area is 189 Å². The molecule has 3 aromatic rings. The fourth-order valence-electron chi connectivity index (χ4n) is 4.78. The third-order valence-electron chi connectivity index (χ3n) is 6.49. The van der Waals surface area contributed by atoms with Crippen LogP contribution in [0.4, 0.5) is 4.39 Å². The minimum absolute atomic E-state index is 0.189. The van der Waals surface area contributed by atoms with E-state index >= 15 is 0 Å². The molecular weight excluding hydrogens is 405 g/mol. The number of rotatable bonds is 9. The molecule has 1 aromatic heterocycles. The van der Waals surface area contributed by atoms with Crippen molar-refractivity contribution in [2.45, 2.75) is 38.1 Å². The van der Waals surface area contributed by atoms with Crippen molar-refractivity contribution in [3.63, 3.8) is 0 Å². The van der Waals surface area contributed by atoms with Crippen molar-refractivity contribution in [2.75, 3.05) is 33.4 Å². The van der Waals surface area contributed by atoms with Crippen LogP contribution < -0.4 is 5.73 Å². The first kappa shape index (κ1) is 22.5. The number of hydrogen-bond donors (Lipinski definition) is 1. The molecule has 2 heterocycles. The van der Waals surface area contributed by atoms with Gasteiger partial charge in [-0.2, -0.15) is 0 Å². The van der Waals surface area contributed by atoms with Gasteiger partial charge in [0.2, 0.25) is 5.91 Å². The maximum Gasteiger partial charge on any atom is 0.223 e. The van der Waals surface area contributed by atoms with Gasteiger partial charge in [0.1, 0.15) is 5.82 Å². The summed E-state index contributed by atoms with van der Waals surface area (Å²) in [4.78, 5) is 14.2. The lowest BCUT2D eigenvalue weighted by Crippen LogP contribution is -2.36. The van der Waals surface area contributed by atoms with Crippen LogP contribution in [0.1, 0.15) is 35.7 Å². The molecule has 2 aromatic carbocycles. The number of likely N-dealkylation sites (tertiary alicyclic amines) is 1. The highest BCUT2D eigenvalue weighted by molar-refractivity contribution is 5.85. The minimum Gasteiger partial charge on any atom is -0.384 e. The third kappa shape index (κ3) is 5.37. The van der Waals surface area contributed by atoms with Crippen molar-refractivity contribution < 1.29 is 13.9 Å². The molecule has 170 valence electrons. The van der Waals surface area contributed by atoms with Crippen LogP contribution in [-0.2, 0) is 28.8 Å². The van der Waals surface area contributed by atoms with Gasteiger partial charge >= 0.3 is 0 Å². The molecule has 2 N–H and O–H groups in total. The van der Waals surface area contributed by atoms with Crippen LogP contribution >= 0.6 is 0 Å². The summed E-state index contributed by atoms with van der Waals surface area (Å²) in [5.41, 5.74) is 10.1. The van der Waals surface area contributed by atoms with Crippen LogP contribution in [0.3, 0.4) is 0 Å². The molecule has 1 saturated heterocycles. The molecule has 4 rings (SSSR count). The van der Waals surface area contributed by atoms with Crippen molar-refractivity contribution in [1.29, 1.82) is 0 Å². The molecule has 0 aliphatic carbocycles. The van der Waals surface area contributed by atoms with Gasteiger partial charge in [-0.15, -0.1) is 0 Å². The van der Waals surface area contributed by atoms with Crippen molar-refractivity contribution in [2.24, 2.45) is 5.73 Å². The highest BCUT2D eigenvalue weighted by Gasteiger charge is 2.24. The molecule has 1 amide bonds. The fraction of sp³-hybridized carbons (Fsp3) is 0.423. The maximum atomic E-state index is 13.1. The van der Waals surface area contributed by atoms with Gasteiger partial charge in [0.25, 0.3) is 0 Å². The molecule has 0 atom stereocenters. The Balaban J connectivity index is 1.48. The average molecular weight is 438 g/mol. The lowest BCUT2D eigenvalue weighted by Gasteiger charge is -2.34.